The Bertz CT molecular complexity index is 692. The number of benzene rings is 1. The predicted octanol–water partition coefficient (Wildman–Crippen LogP) is 2.66. The Morgan fingerprint density at radius 1 is 1.30 bits per heavy atom. The number of hydrogen-bond donors (Lipinski definition) is 1. The molecule has 3 rings (SSSR count). The number of aliphatic carboxylic acids is 1. The molecule has 1 aliphatic carbocycles. The lowest BCUT2D eigenvalue weighted by Gasteiger charge is -2.23. The Hall–Kier alpha value is -2.14. The molecule has 5 nitrogen and oxygen atoms in total. The van der Waals surface area contributed by atoms with Crippen molar-refractivity contribution in [3.8, 4) is 5.69 Å². The van der Waals surface area contributed by atoms with Crippen molar-refractivity contribution in [2.24, 2.45) is 0 Å². The molecule has 0 saturated heterocycles. The van der Waals surface area contributed by atoms with Crippen molar-refractivity contribution < 1.29 is 9.90 Å². The van der Waals surface area contributed by atoms with E-state index in [-0.39, 0.29) is 12.6 Å². The third-order valence-electron chi connectivity index (χ3n) is 4.44. The number of carboxylic acid groups (broad SMARTS) is 1. The molecular weight excluding hydrogens is 290 g/mol. The first kappa shape index (κ1) is 15.7. The molecule has 23 heavy (non-hydrogen) atoms. The summed E-state index contributed by atoms with van der Waals surface area (Å²) in [5, 5.41) is 13.9. The molecule has 1 heterocycles. The van der Waals surface area contributed by atoms with E-state index in [4.69, 9.17) is 10.2 Å². The molecule has 0 amide bonds. The molecule has 1 aromatic carbocycles. The van der Waals surface area contributed by atoms with Crippen LogP contribution < -0.4 is 0 Å². The number of nitrogens with zero attached hydrogens (tertiary/aromatic N) is 3. The Kier molecular flexibility index (Phi) is 4.48. The highest BCUT2D eigenvalue weighted by atomic mass is 16.4. The molecule has 0 aliphatic heterocycles. The Labute approximate surface area is 136 Å². The van der Waals surface area contributed by atoms with Gasteiger partial charge in [-0.05, 0) is 50.8 Å². The van der Waals surface area contributed by atoms with Gasteiger partial charge in [0.2, 0.25) is 0 Å². The van der Waals surface area contributed by atoms with E-state index in [9.17, 15) is 4.79 Å². The van der Waals surface area contributed by atoms with Gasteiger partial charge in [0.25, 0.3) is 0 Å². The van der Waals surface area contributed by atoms with Crippen molar-refractivity contribution in [2.45, 2.75) is 45.7 Å². The number of aromatic nitrogens is 2. The van der Waals surface area contributed by atoms with Crippen molar-refractivity contribution in [3.63, 3.8) is 0 Å². The summed E-state index contributed by atoms with van der Waals surface area (Å²) in [6, 6.07) is 10.3. The highest BCUT2D eigenvalue weighted by molar-refractivity contribution is 5.69. The lowest BCUT2D eigenvalue weighted by atomic mass is 10.1. The highest BCUT2D eigenvalue weighted by Crippen LogP contribution is 2.28. The second kappa shape index (κ2) is 6.54. The second-order valence-corrected chi connectivity index (χ2v) is 6.37. The van der Waals surface area contributed by atoms with Crippen LogP contribution in [0.15, 0.2) is 30.3 Å². The van der Waals surface area contributed by atoms with Crippen LogP contribution in [0.25, 0.3) is 5.69 Å². The lowest BCUT2D eigenvalue weighted by molar-refractivity contribution is -0.139. The van der Waals surface area contributed by atoms with E-state index in [1.165, 1.54) is 11.3 Å². The topological polar surface area (TPSA) is 58.4 Å². The van der Waals surface area contributed by atoms with Crippen molar-refractivity contribution in [2.75, 3.05) is 6.54 Å². The van der Waals surface area contributed by atoms with Crippen molar-refractivity contribution in [1.29, 1.82) is 0 Å². The molecule has 122 valence electrons. The molecule has 5 heteroatoms. The predicted molar refractivity (Wildman–Crippen MR) is 88.8 cm³/mol. The van der Waals surface area contributed by atoms with Gasteiger partial charge in [-0.3, -0.25) is 9.69 Å². The molecule has 2 aromatic rings. The zero-order valence-electron chi connectivity index (χ0n) is 13.7. The van der Waals surface area contributed by atoms with E-state index >= 15 is 0 Å². The first-order chi connectivity index (χ1) is 11.1. The Balaban J connectivity index is 1.93. The van der Waals surface area contributed by atoms with Crippen LogP contribution >= 0.6 is 0 Å². The Morgan fingerprint density at radius 3 is 2.70 bits per heavy atom. The maximum Gasteiger partial charge on any atom is 0.317 e. The number of fused-ring (bicyclic) bond motifs is 1. The van der Waals surface area contributed by atoms with Gasteiger partial charge in [0.05, 0.1) is 17.9 Å². The van der Waals surface area contributed by atoms with Gasteiger partial charge in [0.1, 0.15) is 0 Å². The molecule has 0 radical (unpaired) electrons. The summed E-state index contributed by atoms with van der Waals surface area (Å²) in [4.78, 5) is 13.1. The summed E-state index contributed by atoms with van der Waals surface area (Å²) in [6.07, 6.45) is 3.22. The van der Waals surface area contributed by atoms with Crippen LogP contribution in [0.5, 0.6) is 0 Å². The summed E-state index contributed by atoms with van der Waals surface area (Å²) in [6.45, 7) is 4.69. The molecule has 1 aromatic heterocycles. The monoisotopic (exact) mass is 313 g/mol. The van der Waals surface area contributed by atoms with E-state index < -0.39 is 5.97 Å². The summed E-state index contributed by atoms with van der Waals surface area (Å²) in [5.41, 5.74) is 4.69. The number of para-hydroxylation sites is 1. The molecule has 0 unspecified atom stereocenters. The van der Waals surface area contributed by atoms with Gasteiger partial charge in [0, 0.05) is 18.3 Å². The zero-order chi connectivity index (χ0) is 16.4. The molecule has 1 N–H and O–H groups in total. The standard InChI is InChI=1S/C18H23N3O2/c1-13(2)20(12-18(22)23)11-16-15-9-6-10-17(15)21(19-16)14-7-4-3-5-8-14/h3-5,7-8,13H,6,9-12H2,1-2H3,(H,22,23). The van der Waals surface area contributed by atoms with Crippen molar-refractivity contribution in [1.82, 2.24) is 14.7 Å². The number of carboxylic acids is 1. The number of rotatable bonds is 6. The van der Waals surface area contributed by atoms with E-state index in [1.807, 2.05) is 41.6 Å². The maximum absolute atomic E-state index is 11.1. The third kappa shape index (κ3) is 3.29. The quantitative estimate of drug-likeness (QED) is 0.891. The maximum atomic E-state index is 11.1. The second-order valence-electron chi connectivity index (χ2n) is 6.37. The fourth-order valence-corrected chi connectivity index (χ4v) is 3.21. The molecule has 0 atom stereocenters. The van der Waals surface area contributed by atoms with E-state index in [2.05, 4.69) is 12.1 Å². The number of hydrogen-bond acceptors (Lipinski definition) is 3. The van der Waals surface area contributed by atoms with Gasteiger partial charge in [-0.15, -0.1) is 0 Å². The fraction of sp³-hybridized carbons (Fsp3) is 0.444. The van der Waals surface area contributed by atoms with E-state index in [1.54, 1.807) is 0 Å². The summed E-state index contributed by atoms with van der Waals surface area (Å²) < 4.78 is 2.04. The first-order valence-corrected chi connectivity index (χ1v) is 8.17. The van der Waals surface area contributed by atoms with Crippen LogP contribution in [0, 0.1) is 0 Å². The van der Waals surface area contributed by atoms with Crippen molar-refractivity contribution in [3.05, 3.63) is 47.3 Å². The SMILES string of the molecule is CC(C)N(CC(=O)O)Cc1nn(-c2ccccc2)c2c1CCC2. The summed E-state index contributed by atoms with van der Waals surface area (Å²) in [5.74, 6) is -0.794. The van der Waals surface area contributed by atoms with E-state index in [0.29, 0.717) is 6.54 Å². The molecule has 0 bridgehead atoms. The smallest absolute Gasteiger partial charge is 0.317 e. The van der Waals surface area contributed by atoms with Crippen LogP contribution in [0.2, 0.25) is 0 Å². The van der Waals surface area contributed by atoms with Gasteiger partial charge in [-0.1, -0.05) is 18.2 Å². The van der Waals surface area contributed by atoms with Gasteiger partial charge >= 0.3 is 5.97 Å². The van der Waals surface area contributed by atoms with Crippen molar-refractivity contribution >= 4 is 5.97 Å². The largest absolute Gasteiger partial charge is 0.480 e. The molecular formula is C18H23N3O2. The van der Waals surface area contributed by atoms with Crippen LogP contribution in [0.3, 0.4) is 0 Å². The summed E-state index contributed by atoms with van der Waals surface area (Å²) in [7, 11) is 0. The minimum absolute atomic E-state index is 0.0463. The van der Waals surface area contributed by atoms with E-state index in [0.717, 1.165) is 30.6 Å². The molecule has 0 spiro atoms. The zero-order valence-corrected chi connectivity index (χ0v) is 13.7. The average Bonchev–Trinajstić information content (AvgIpc) is 3.10. The fourth-order valence-electron chi connectivity index (χ4n) is 3.21. The number of carbonyl (C=O) groups is 1. The van der Waals surface area contributed by atoms with Gasteiger partial charge < -0.3 is 5.11 Å². The van der Waals surface area contributed by atoms with Crippen LogP contribution in [0.1, 0.15) is 37.2 Å². The summed E-state index contributed by atoms with van der Waals surface area (Å²) >= 11 is 0. The van der Waals surface area contributed by atoms with Gasteiger partial charge in [-0.2, -0.15) is 5.10 Å². The van der Waals surface area contributed by atoms with Gasteiger partial charge in [0.15, 0.2) is 0 Å². The van der Waals surface area contributed by atoms with Crippen LogP contribution in [-0.2, 0) is 24.2 Å². The average molecular weight is 313 g/mol. The lowest BCUT2D eigenvalue weighted by Crippen LogP contribution is -2.35. The minimum Gasteiger partial charge on any atom is -0.480 e. The highest BCUT2D eigenvalue weighted by Gasteiger charge is 2.25. The molecule has 1 aliphatic rings. The van der Waals surface area contributed by atoms with Gasteiger partial charge in [-0.25, -0.2) is 4.68 Å². The van der Waals surface area contributed by atoms with Crippen LogP contribution in [0.4, 0.5) is 0 Å². The third-order valence-corrected chi connectivity index (χ3v) is 4.44. The first-order valence-electron chi connectivity index (χ1n) is 8.17. The Morgan fingerprint density at radius 2 is 2.04 bits per heavy atom. The van der Waals surface area contributed by atoms with Crippen LogP contribution in [-0.4, -0.2) is 38.3 Å². The normalized spacial score (nSPS) is 13.7. The molecule has 0 saturated carbocycles. The minimum atomic E-state index is -0.794. The molecule has 0 fully saturated rings.